The molecule has 0 bridgehead atoms. The summed E-state index contributed by atoms with van der Waals surface area (Å²) in [7, 11) is 2.21. The Labute approximate surface area is 123 Å². The van der Waals surface area contributed by atoms with E-state index in [1.54, 1.807) is 0 Å². The van der Waals surface area contributed by atoms with Crippen molar-refractivity contribution < 1.29 is 0 Å². The summed E-state index contributed by atoms with van der Waals surface area (Å²) >= 11 is 0. The lowest BCUT2D eigenvalue weighted by atomic mass is 10.2. The molecule has 1 atom stereocenters. The maximum atomic E-state index is 4.59. The third-order valence-corrected chi connectivity index (χ3v) is 3.91. The van der Waals surface area contributed by atoms with Crippen molar-refractivity contribution in [1.82, 2.24) is 15.2 Å². The highest BCUT2D eigenvalue weighted by molar-refractivity contribution is 5.42. The van der Waals surface area contributed by atoms with Gasteiger partial charge in [-0.25, -0.2) is 4.98 Å². The first-order chi connectivity index (χ1) is 9.70. The molecule has 4 heteroatoms. The molecule has 1 aliphatic heterocycles. The van der Waals surface area contributed by atoms with Gasteiger partial charge in [0.1, 0.15) is 5.82 Å². The fourth-order valence-corrected chi connectivity index (χ4v) is 2.85. The average molecular weight is 276 g/mol. The van der Waals surface area contributed by atoms with Gasteiger partial charge in [0.2, 0.25) is 0 Å². The molecule has 2 rings (SSSR count). The Bertz CT molecular complexity index is 407. The average Bonchev–Trinajstić information content (AvgIpc) is 2.60. The molecule has 0 aromatic carbocycles. The Morgan fingerprint density at radius 2 is 2.25 bits per heavy atom. The lowest BCUT2D eigenvalue weighted by Crippen LogP contribution is -2.38. The van der Waals surface area contributed by atoms with E-state index in [9.17, 15) is 0 Å². The summed E-state index contributed by atoms with van der Waals surface area (Å²) in [6.07, 6.45) is 4.33. The predicted octanol–water partition coefficient (Wildman–Crippen LogP) is 2.11. The molecule has 0 spiro atoms. The number of nitrogens with zero attached hydrogens (tertiary/aromatic N) is 3. The van der Waals surface area contributed by atoms with E-state index in [2.05, 4.69) is 53.1 Å². The highest BCUT2D eigenvalue weighted by Gasteiger charge is 2.20. The van der Waals surface area contributed by atoms with Crippen molar-refractivity contribution in [2.75, 3.05) is 38.1 Å². The van der Waals surface area contributed by atoms with Crippen LogP contribution in [0.5, 0.6) is 0 Å². The Balaban J connectivity index is 2.05. The molecular weight excluding hydrogens is 248 g/mol. The van der Waals surface area contributed by atoms with Crippen LogP contribution in [0.25, 0.3) is 0 Å². The minimum Gasteiger partial charge on any atom is -0.353 e. The number of anilines is 1. The monoisotopic (exact) mass is 276 g/mol. The van der Waals surface area contributed by atoms with E-state index in [0.29, 0.717) is 6.04 Å². The first-order valence-electron chi connectivity index (χ1n) is 7.81. The number of hydrogen-bond acceptors (Lipinski definition) is 4. The third kappa shape index (κ3) is 4.18. The summed E-state index contributed by atoms with van der Waals surface area (Å²) in [6.45, 7) is 9.89. The molecule has 1 aliphatic rings. The maximum absolute atomic E-state index is 4.59. The van der Waals surface area contributed by atoms with E-state index >= 15 is 0 Å². The molecule has 0 saturated carbocycles. The maximum Gasteiger partial charge on any atom is 0.129 e. The van der Waals surface area contributed by atoms with E-state index in [0.717, 1.165) is 32.0 Å². The molecule has 1 unspecified atom stereocenters. The number of nitrogens with one attached hydrogen (secondary N) is 1. The minimum absolute atomic E-state index is 0.522. The Hall–Kier alpha value is -1.13. The first-order valence-corrected chi connectivity index (χ1v) is 7.81. The number of likely N-dealkylation sites (N-methyl/N-ethyl adjacent to an activating group) is 1. The second-order valence-corrected chi connectivity index (χ2v) is 5.86. The van der Waals surface area contributed by atoms with Crippen LogP contribution in [-0.2, 0) is 6.54 Å². The van der Waals surface area contributed by atoms with E-state index < -0.39 is 0 Å². The summed E-state index contributed by atoms with van der Waals surface area (Å²) in [6, 6.07) is 4.87. The zero-order chi connectivity index (χ0) is 14.4. The summed E-state index contributed by atoms with van der Waals surface area (Å²) < 4.78 is 0. The third-order valence-electron chi connectivity index (χ3n) is 3.91. The fraction of sp³-hybridized carbons (Fsp3) is 0.688. The zero-order valence-electron chi connectivity index (χ0n) is 13.1. The highest BCUT2D eigenvalue weighted by Crippen LogP contribution is 2.18. The number of aromatic nitrogens is 1. The van der Waals surface area contributed by atoms with Crippen molar-refractivity contribution in [2.45, 2.75) is 39.3 Å². The van der Waals surface area contributed by atoms with Crippen LogP contribution >= 0.6 is 0 Å². The van der Waals surface area contributed by atoms with Gasteiger partial charge in [-0.1, -0.05) is 6.92 Å². The Kier molecular flexibility index (Phi) is 5.80. The molecule has 0 aliphatic carbocycles. The molecule has 112 valence electrons. The van der Waals surface area contributed by atoms with Gasteiger partial charge < -0.3 is 15.1 Å². The van der Waals surface area contributed by atoms with Gasteiger partial charge >= 0.3 is 0 Å². The highest BCUT2D eigenvalue weighted by atomic mass is 15.3. The van der Waals surface area contributed by atoms with Crippen molar-refractivity contribution in [2.24, 2.45) is 0 Å². The van der Waals surface area contributed by atoms with Crippen LogP contribution in [0.3, 0.4) is 0 Å². The van der Waals surface area contributed by atoms with Gasteiger partial charge in [-0.3, -0.25) is 0 Å². The van der Waals surface area contributed by atoms with Crippen LogP contribution in [0.1, 0.15) is 32.3 Å². The van der Waals surface area contributed by atoms with Gasteiger partial charge in [0.25, 0.3) is 0 Å². The second-order valence-electron chi connectivity index (χ2n) is 5.86. The van der Waals surface area contributed by atoms with Gasteiger partial charge in [0.05, 0.1) is 0 Å². The molecule has 1 aromatic heterocycles. The van der Waals surface area contributed by atoms with Gasteiger partial charge in [-0.15, -0.1) is 0 Å². The largest absolute Gasteiger partial charge is 0.353 e. The van der Waals surface area contributed by atoms with E-state index in [1.807, 2.05) is 6.20 Å². The van der Waals surface area contributed by atoms with Gasteiger partial charge in [0.15, 0.2) is 0 Å². The van der Waals surface area contributed by atoms with Crippen LogP contribution in [0.15, 0.2) is 18.3 Å². The van der Waals surface area contributed by atoms with Crippen LogP contribution in [0.2, 0.25) is 0 Å². The smallest absolute Gasteiger partial charge is 0.129 e. The van der Waals surface area contributed by atoms with E-state index in [4.69, 9.17) is 0 Å². The molecule has 1 N–H and O–H groups in total. The molecule has 0 amide bonds. The topological polar surface area (TPSA) is 31.4 Å². The molecule has 1 saturated heterocycles. The van der Waals surface area contributed by atoms with Gasteiger partial charge in [0, 0.05) is 31.9 Å². The van der Waals surface area contributed by atoms with Crippen LogP contribution < -0.4 is 10.2 Å². The molecular formula is C16H28N4. The lowest BCUT2D eigenvalue weighted by molar-refractivity contribution is 0.337. The lowest BCUT2D eigenvalue weighted by Gasteiger charge is -2.29. The van der Waals surface area contributed by atoms with Gasteiger partial charge in [-0.05, 0) is 57.6 Å². The molecule has 1 fully saturated rings. The summed E-state index contributed by atoms with van der Waals surface area (Å²) in [4.78, 5) is 9.45. The van der Waals surface area contributed by atoms with Crippen molar-refractivity contribution in [3.63, 3.8) is 0 Å². The van der Waals surface area contributed by atoms with Crippen molar-refractivity contribution in [3.05, 3.63) is 23.9 Å². The quantitative estimate of drug-likeness (QED) is 0.835. The Morgan fingerprint density at radius 3 is 3.05 bits per heavy atom. The van der Waals surface area contributed by atoms with Gasteiger partial charge in [-0.2, -0.15) is 0 Å². The van der Waals surface area contributed by atoms with E-state index in [-0.39, 0.29) is 0 Å². The number of hydrogen-bond donors (Lipinski definition) is 1. The predicted molar refractivity (Wildman–Crippen MR) is 85.2 cm³/mol. The Morgan fingerprint density at radius 1 is 1.40 bits per heavy atom. The standard InChI is InChI=1S/C16H28N4/c1-4-7-17-12-15-6-8-18-16(11-15)20-10-5-9-19(3)13-14(20)2/h6,8,11,14,17H,4-5,7,9-10,12-13H2,1-3H3. The van der Waals surface area contributed by atoms with Crippen molar-refractivity contribution in [3.8, 4) is 0 Å². The first kappa shape index (κ1) is 15.3. The fourth-order valence-electron chi connectivity index (χ4n) is 2.85. The van der Waals surface area contributed by atoms with Crippen LogP contribution in [0, 0.1) is 0 Å². The molecule has 1 aromatic rings. The second kappa shape index (κ2) is 7.60. The SMILES string of the molecule is CCCNCc1ccnc(N2CCCN(C)CC2C)c1. The van der Waals surface area contributed by atoms with Crippen molar-refractivity contribution >= 4 is 5.82 Å². The number of rotatable bonds is 5. The van der Waals surface area contributed by atoms with E-state index in [1.165, 1.54) is 24.9 Å². The molecule has 0 radical (unpaired) electrons. The minimum atomic E-state index is 0.522. The summed E-state index contributed by atoms with van der Waals surface area (Å²) in [5.74, 6) is 1.13. The van der Waals surface area contributed by atoms with Crippen LogP contribution in [0.4, 0.5) is 5.82 Å². The summed E-state index contributed by atoms with van der Waals surface area (Å²) in [5.41, 5.74) is 1.33. The molecule has 20 heavy (non-hydrogen) atoms. The normalized spacial score (nSPS) is 20.9. The van der Waals surface area contributed by atoms with Crippen molar-refractivity contribution in [1.29, 1.82) is 0 Å². The van der Waals surface area contributed by atoms with Crippen LogP contribution in [-0.4, -0.2) is 49.2 Å². The molecule has 4 nitrogen and oxygen atoms in total. The number of pyridine rings is 1. The molecule has 2 heterocycles. The zero-order valence-corrected chi connectivity index (χ0v) is 13.1. The summed E-state index contributed by atoms with van der Waals surface area (Å²) in [5, 5.41) is 3.46.